The molecule has 11 heteroatoms. The molecule has 8 nitrogen and oxygen atoms in total. The Morgan fingerprint density at radius 1 is 1.45 bits per heavy atom. The van der Waals surface area contributed by atoms with Crippen LogP contribution in [0.3, 0.4) is 0 Å². The largest absolute Gasteiger partial charge is 0.490 e. The maximum Gasteiger partial charge on any atom is 0.490 e. The van der Waals surface area contributed by atoms with Gasteiger partial charge >= 0.3 is 12.1 Å². The smallest absolute Gasteiger partial charge is 0.489 e. The molecule has 1 aromatic heterocycles. The molecule has 0 radical (unpaired) electrons. The van der Waals surface area contributed by atoms with Crippen molar-refractivity contribution < 1.29 is 32.5 Å². The third kappa shape index (κ3) is 4.86. The number of nitrogen functional groups attached to an aromatic ring is 2. The highest BCUT2D eigenvalue weighted by Gasteiger charge is 2.38. The van der Waals surface area contributed by atoms with Gasteiger partial charge in [0.05, 0.1) is 5.69 Å². The number of ether oxygens (including phenoxy) is 2. The predicted octanol–water partition coefficient (Wildman–Crippen LogP) is 3.01. The van der Waals surface area contributed by atoms with Crippen molar-refractivity contribution in [1.29, 1.82) is 5.26 Å². The summed E-state index contributed by atoms with van der Waals surface area (Å²) in [5.74, 6) is -1.03. The molecule has 0 amide bonds. The molecule has 3 rings (SSSR count). The van der Waals surface area contributed by atoms with Crippen LogP contribution in [0, 0.1) is 11.3 Å². The summed E-state index contributed by atoms with van der Waals surface area (Å²) in [5, 5.41) is 16.2. The first kappa shape index (κ1) is 21.4. The van der Waals surface area contributed by atoms with Crippen molar-refractivity contribution in [1.82, 2.24) is 4.98 Å². The summed E-state index contributed by atoms with van der Waals surface area (Å²) in [6.45, 7) is 4.02. The van der Waals surface area contributed by atoms with E-state index in [1.54, 1.807) is 12.1 Å². The van der Waals surface area contributed by atoms with Gasteiger partial charge in [0, 0.05) is 18.1 Å². The number of rotatable bonds is 3. The van der Waals surface area contributed by atoms with Crippen molar-refractivity contribution in [2.24, 2.45) is 0 Å². The Morgan fingerprint density at radius 2 is 2.10 bits per heavy atom. The minimum atomic E-state index is -5.08. The summed E-state index contributed by atoms with van der Waals surface area (Å²) in [4.78, 5) is 13.0. The zero-order chi connectivity index (χ0) is 21.8. The number of nitriles is 1. The summed E-state index contributed by atoms with van der Waals surface area (Å²) >= 11 is 0. The van der Waals surface area contributed by atoms with Crippen LogP contribution >= 0.6 is 0 Å². The first-order chi connectivity index (χ1) is 13.6. The lowest BCUT2D eigenvalue weighted by atomic mass is 9.99. The van der Waals surface area contributed by atoms with Crippen LogP contribution in [0.4, 0.5) is 24.7 Å². The molecule has 2 heterocycles. The summed E-state index contributed by atoms with van der Waals surface area (Å²) in [7, 11) is 0. The molecule has 152 valence electrons. The number of aliphatic carboxylic acids is 1. The molecule has 0 saturated heterocycles. The fourth-order valence-electron chi connectivity index (χ4n) is 2.33. The highest BCUT2D eigenvalue weighted by molar-refractivity contribution is 5.73. The van der Waals surface area contributed by atoms with E-state index in [2.05, 4.69) is 11.6 Å². The van der Waals surface area contributed by atoms with Gasteiger partial charge in [-0.3, -0.25) is 0 Å². The van der Waals surface area contributed by atoms with Gasteiger partial charge in [0.25, 0.3) is 0 Å². The molecule has 5 N–H and O–H groups in total. The van der Waals surface area contributed by atoms with E-state index in [0.29, 0.717) is 41.7 Å². The van der Waals surface area contributed by atoms with Gasteiger partial charge in [0.1, 0.15) is 35.6 Å². The number of carboxylic acids is 1. The number of nitrogens with two attached hydrogens (primary N) is 2. The zero-order valence-electron chi connectivity index (χ0n) is 14.8. The molecule has 2 aromatic rings. The zero-order valence-corrected chi connectivity index (χ0v) is 14.8. The highest BCUT2D eigenvalue weighted by Crippen LogP contribution is 2.41. The molecule has 0 saturated carbocycles. The van der Waals surface area contributed by atoms with E-state index in [1.807, 2.05) is 18.2 Å². The van der Waals surface area contributed by atoms with Crippen LogP contribution in [0.2, 0.25) is 0 Å². The average Bonchev–Trinajstić information content (AvgIpc) is 2.65. The predicted molar refractivity (Wildman–Crippen MR) is 96.5 cm³/mol. The van der Waals surface area contributed by atoms with Crippen LogP contribution < -0.4 is 20.9 Å². The van der Waals surface area contributed by atoms with Crippen molar-refractivity contribution in [3.63, 3.8) is 0 Å². The van der Waals surface area contributed by atoms with E-state index in [9.17, 15) is 13.2 Å². The molecule has 0 bridgehead atoms. The van der Waals surface area contributed by atoms with Gasteiger partial charge in [-0.25, -0.2) is 4.79 Å². The molecular weight excluding hydrogens is 393 g/mol. The molecule has 1 aliphatic heterocycles. The second kappa shape index (κ2) is 8.39. The van der Waals surface area contributed by atoms with E-state index >= 15 is 0 Å². The minimum absolute atomic E-state index is 0.0706. The molecular formula is C18H15F3N4O4. The van der Waals surface area contributed by atoms with Crippen molar-refractivity contribution >= 4 is 17.5 Å². The first-order valence-electron chi connectivity index (χ1n) is 7.91. The number of nitrogens with zero attached hydrogens (tertiary/aromatic N) is 2. The second-order valence-electron chi connectivity index (χ2n) is 5.63. The Morgan fingerprint density at radius 3 is 2.66 bits per heavy atom. The maximum absolute atomic E-state index is 10.6. The van der Waals surface area contributed by atoms with Gasteiger partial charge in [-0.2, -0.15) is 23.4 Å². The maximum atomic E-state index is 10.6. The fourth-order valence-corrected chi connectivity index (χ4v) is 2.33. The fraction of sp³-hybridized carbons (Fsp3) is 0.167. The molecule has 0 atom stereocenters. The summed E-state index contributed by atoms with van der Waals surface area (Å²) in [5.41, 5.74) is 13.9. The van der Waals surface area contributed by atoms with Crippen LogP contribution in [-0.2, 0) is 11.2 Å². The molecule has 0 spiro atoms. The Hall–Kier alpha value is -3.94. The van der Waals surface area contributed by atoms with Gasteiger partial charge in [0.15, 0.2) is 0 Å². The Bertz CT molecular complexity index is 1000. The average molecular weight is 408 g/mol. The topological polar surface area (TPSA) is 144 Å². The monoisotopic (exact) mass is 408 g/mol. The van der Waals surface area contributed by atoms with Crippen molar-refractivity contribution in [2.75, 3.05) is 18.1 Å². The lowest BCUT2D eigenvalue weighted by molar-refractivity contribution is -0.192. The first-order valence-corrected chi connectivity index (χ1v) is 7.91. The standard InChI is InChI=1S/C16H14N4O2.C2HF3O2/c1-2-5-21-10-4-3-9-6-11-14(18)12(8-17)15(19)20-16(11)22-13(9)7-10;3-2(4,5)1(6)7/h2-4,7H,1,5-6H2,(H4,18,19,20);(H,6,7). The van der Waals surface area contributed by atoms with Crippen LogP contribution in [0.1, 0.15) is 16.7 Å². The number of aromatic nitrogens is 1. The number of fused-ring (bicyclic) bond motifs is 2. The van der Waals surface area contributed by atoms with Crippen LogP contribution in [0.25, 0.3) is 0 Å². The number of anilines is 2. The number of alkyl halides is 3. The van der Waals surface area contributed by atoms with E-state index in [4.69, 9.17) is 36.1 Å². The molecule has 1 aliphatic rings. The van der Waals surface area contributed by atoms with Gasteiger partial charge in [0.2, 0.25) is 5.88 Å². The van der Waals surface area contributed by atoms with Crippen LogP contribution in [0.15, 0.2) is 30.9 Å². The Kier molecular flexibility index (Phi) is 6.18. The molecule has 0 unspecified atom stereocenters. The second-order valence-corrected chi connectivity index (χ2v) is 5.63. The number of pyridine rings is 1. The lowest BCUT2D eigenvalue weighted by Gasteiger charge is -2.22. The Balaban J connectivity index is 0.000000370. The summed E-state index contributed by atoms with van der Waals surface area (Å²) in [6, 6.07) is 7.51. The number of benzene rings is 1. The van der Waals surface area contributed by atoms with E-state index in [1.165, 1.54) is 0 Å². The highest BCUT2D eigenvalue weighted by atomic mass is 19.4. The molecule has 29 heavy (non-hydrogen) atoms. The van der Waals surface area contributed by atoms with Crippen molar-refractivity contribution in [3.8, 4) is 23.4 Å². The third-order valence-electron chi connectivity index (χ3n) is 3.67. The molecule has 0 fully saturated rings. The number of hydrogen-bond donors (Lipinski definition) is 3. The van der Waals surface area contributed by atoms with Crippen molar-refractivity contribution in [2.45, 2.75) is 12.6 Å². The molecule has 0 aliphatic carbocycles. The summed E-state index contributed by atoms with van der Waals surface area (Å²) < 4.78 is 43.0. The number of carbonyl (C=O) groups is 1. The normalized spacial score (nSPS) is 11.5. The SMILES string of the molecule is C=CCOc1ccc2c(c1)Oc1nc(N)c(C#N)c(N)c1C2.O=C(O)C(F)(F)F. The van der Waals surface area contributed by atoms with Gasteiger partial charge in [-0.1, -0.05) is 18.7 Å². The van der Waals surface area contributed by atoms with Gasteiger partial charge in [-0.05, 0) is 11.6 Å². The minimum Gasteiger partial charge on any atom is -0.489 e. The van der Waals surface area contributed by atoms with Crippen LogP contribution in [-0.4, -0.2) is 28.8 Å². The van der Waals surface area contributed by atoms with E-state index < -0.39 is 12.1 Å². The van der Waals surface area contributed by atoms with Gasteiger partial charge < -0.3 is 26.0 Å². The van der Waals surface area contributed by atoms with E-state index in [0.717, 1.165) is 5.56 Å². The third-order valence-corrected chi connectivity index (χ3v) is 3.67. The number of carboxylic acid groups (broad SMARTS) is 1. The number of halogens is 3. The van der Waals surface area contributed by atoms with Crippen LogP contribution in [0.5, 0.6) is 17.4 Å². The van der Waals surface area contributed by atoms with E-state index in [-0.39, 0.29) is 11.4 Å². The number of hydrogen-bond acceptors (Lipinski definition) is 7. The molecule has 1 aromatic carbocycles. The van der Waals surface area contributed by atoms with Gasteiger partial charge in [-0.15, -0.1) is 0 Å². The Labute approximate surface area is 162 Å². The summed E-state index contributed by atoms with van der Waals surface area (Å²) in [6.07, 6.45) is -2.89. The van der Waals surface area contributed by atoms with Crippen molar-refractivity contribution in [3.05, 3.63) is 47.5 Å². The quantitative estimate of drug-likeness (QED) is 0.561. The lowest BCUT2D eigenvalue weighted by Crippen LogP contribution is -2.21.